The molecule has 0 unspecified atom stereocenters. The summed E-state index contributed by atoms with van der Waals surface area (Å²) >= 11 is 15.4. The van der Waals surface area contributed by atoms with Gasteiger partial charge in [0.15, 0.2) is 0 Å². The summed E-state index contributed by atoms with van der Waals surface area (Å²) in [7, 11) is 0. The number of isothiocyanates is 1. The van der Waals surface area contributed by atoms with Gasteiger partial charge in [-0.05, 0) is 24.4 Å². The summed E-state index contributed by atoms with van der Waals surface area (Å²) in [5.74, 6) is -0.579. The van der Waals surface area contributed by atoms with Gasteiger partial charge >= 0.3 is 0 Å². The van der Waals surface area contributed by atoms with E-state index in [9.17, 15) is 4.79 Å². The van der Waals surface area contributed by atoms with Gasteiger partial charge in [0.05, 0.1) is 10.7 Å². The van der Waals surface area contributed by atoms with Gasteiger partial charge in [0.25, 0.3) is 5.91 Å². The number of hydrogen-bond donors (Lipinski definition) is 0. The average molecular weight is 233 g/mol. The molecule has 0 atom stereocenters. The Morgan fingerprint density at radius 2 is 2.23 bits per heavy atom. The molecule has 1 aromatic heterocycles. The molecule has 0 fully saturated rings. The largest absolute Gasteiger partial charge is 0.288 e. The van der Waals surface area contributed by atoms with E-state index < -0.39 is 5.91 Å². The van der Waals surface area contributed by atoms with Crippen LogP contribution < -0.4 is 0 Å². The number of carbonyl (C=O) groups excluding carboxylic acids is 1. The lowest BCUT2D eigenvalue weighted by Gasteiger charge is -1.96. The van der Waals surface area contributed by atoms with Gasteiger partial charge in [0, 0.05) is 0 Å². The topological polar surface area (TPSA) is 42.3 Å². The highest BCUT2D eigenvalue weighted by molar-refractivity contribution is 7.78. The van der Waals surface area contributed by atoms with Crippen LogP contribution in [0.3, 0.4) is 0 Å². The van der Waals surface area contributed by atoms with Crippen LogP contribution >= 0.6 is 35.4 Å². The maximum Gasteiger partial charge on any atom is 0.288 e. The first kappa shape index (κ1) is 10.3. The van der Waals surface area contributed by atoms with Crippen LogP contribution in [-0.4, -0.2) is 16.1 Å². The van der Waals surface area contributed by atoms with Gasteiger partial charge in [0.2, 0.25) is 0 Å². The second kappa shape index (κ2) is 4.44. The molecule has 0 aliphatic carbocycles. The minimum absolute atomic E-state index is 0.00602. The number of halogens is 2. The Labute approximate surface area is 89.4 Å². The van der Waals surface area contributed by atoms with E-state index in [0.717, 1.165) is 0 Å². The summed E-state index contributed by atoms with van der Waals surface area (Å²) in [5, 5.41) is 2.17. The van der Waals surface area contributed by atoms with Crippen molar-refractivity contribution >= 4 is 46.5 Å². The lowest BCUT2D eigenvalue weighted by molar-refractivity contribution is 0.100. The van der Waals surface area contributed by atoms with E-state index in [-0.39, 0.29) is 15.9 Å². The van der Waals surface area contributed by atoms with E-state index in [0.29, 0.717) is 0 Å². The molecule has 1 heterocycles. The van der Waals surface area contributed by atoms with Gasteiger partial charge in [-0.15, -0.1) is 0 Å². The van der Waals surface area contributed by atoms with Crippen LogP contribution in [0.1, 0.15) is 10.4 Å². The Morgan fingerprint density at radius 1 is 1.54 bits per heavy atom. The monoisotopic (exact) mass is 232 g/mol. The number of aromatic nitrogens is 1. The van der Waals surface area contributed by atoms with Crippen molar-refractivity contribution in [3.05, 3.63) is 28.0 Å². The summed E-state index contributed by atoms with van der Waals surface area (Å²) in [4.78, 5) is 18.0. The van der Waals surface area contributed by atoms with Crippen LogP contribution in [0, 0.1) is 0 Å². The third-order valence-corrected chi connectivity index (χ3v) is 1.78. The van der Waals surface area contributed by atoms with Crippen molar-refractivity contribution in [2.75, 3.05) is 0 Å². The van der Waals surface area contributed by atoms with Gasteiger partial charge in [-0.25, -0.2) is 4.98 Å². The summed E-state index contributed by atoms with van der Waals surface area (Å²) in [6, 6.07) is 2.87. The molecule has 0 aliphatic heterocycles. The van der Waals surface area contributed by atoms with Crippen LogP contribution in [0.4, 0.5) is 0 Å². The summed E-state index contributed by atoms with van der Waals surface area (Å²) in [6.45, 7) is 0. The van der Waals surface area contributed by atoms with Crippen molar-refractivity contribution in [1.29, 1.82) is 0 Å². The molecule has 0 radical (unpaired) electrons. The van der Waals surface area contributed by atoms with Crippen molar-refractivity contribution in [2.24, 2.45) is 4.99 Å². The van der Waals surface area contributed by atoms with Crippen LogP contribution in [0.25, 0.3) is 0 Å². The fourth-order valence-electron chi connectivity index (χ4n) is 0.673. The zero-order chi connectivity index (χ0) is 9.84. The molecule has 0 aliphatic rings. The Bertz CT molecular complexity index is 401. The lowest BCUT2D eigenvalue weighted by atomic mass is 10.3. The maximum atomic E-state index is 11.1. The first-order valence-corrected chi connectivity index (χ1v) is 4.26. The van der Waals surface area contributed by atoms with Gasteiger partial charge in [-0.2, -0.15) is 4.99 Å². The Hall–Kier alpha value is -0.800. The molecule has 66 valence electrons. The van der Waals surface area contributed by atoms with Crippen LogP contribution in [0.2, 0.25) is 10.3 Å². The molecule has 0 saturated carbocycles. The number of aliphatic imine (C=N–C) groups is 1. The molecular weight excluding hydrogens is 231 g/mol. The number of nitrogens with zero attached hydrogens (tertiary/aromatic N) is 2. The molecule has 13 heavy (non-hydrogen) atoms. The summed E-state index contributed by atoms with van der Waals surface area (Å²) < 4.78 is 0. The van der Waals surface area contributed by atoms with Crippen LogP contribution in [0.15, 0.2) is 17.1 Å². The molecule has 6 heteroatoms. The standard InChI is InChI=1S/C7H2Cl2N2OS/c8-5-2-1-4(6(9)11-5)7(12)10-3-13/h1-2H. The second-order valence-electron chi connectivity index (χ2n) is 1.98. The fourth-order valence-corrected chi connectivity index (χ4v) is 1.18. The van der Waals surface area contributed by atoms with Crippen LogP contribution in [-0.2, 0) is 0 Å². The van der Waals surface area contributed by atoms with Gasteiger partial charge in [-0.3, -0.25) is 4.79 Å². The molecule has 1 amide bonds. The number of amides is 1. The molecule has 0 aromatic carbocycles. The number of carbonyl (C=O) groups is 1. The molecule has 0 bridgehead atoms. The number of thiocarbonyl (C=S) groups is 1. The Kier molecular flexibility index (Phi) is 3.51. The van der Waals surface area contributed by atoms with Crippen molar-refractivity contribution in [1.82, 2.24) is 4.98 Å². The molecule has 3 nitrogen and oxygen atoms in total. The van der Waals surface area contributed by atoms with E-state index in [1.807, 2.05) is 5.16 Å². The highest BCUT2D eigenvalue weighted by Gasteiger charge is 2.09. The maximum absolute atomic E-state index is 11.1. The number of pyridine rings is 1. The van der Waals surface area contributed by atoms with E-state index in [1.165, 1.54) is 12.1 Å². The van der Waals surface area contributed by atoms with Gasteiger partial charge in [-0.1, -0.05) is 23.2 Å². The highest BCUT2D eigenvalue weighted by Crippen LogP contribution is 2.17. The summed E-state index contributed by atoms with van der Waals surface area (Å²) in [5.41, 5.74) is 0.156. The van der Waals surface area contributed by atoms with Gasteiger partial charge < -0.3 is 0 Å². The quantitative estimate of drug-likeness (QED) is 0.425. The van der Waals surface area contributed by atoms with Crippen LogP contribution in [0.5, 0.6) is 0 Å². The SMILES string of the molecule is O=C(N=C=S)c1ccc(Cl)nc1Cl. The first-order valence-electron chi connectivity index (χ1n) is 3.09. The Morgan fingerprint density at radius 3 is 2.77 bits per heavy atom. The molecule has 0 saturated heterocycles. The van der Waals surface area contributed by atoms with E-state index in [2.05, 4.69) is 22.2 Å². The molecule has 0 N–H and O–H groups in total. The predicted molar refractivity (Wildman–Crippen MR) is 53.6 cm³/mol. The zero-order valence-corrected chi connectivity index (χ0v) is 8.45. The van der Waals surface area contributed by atoms with Crippen molar-refractivity contribution < 1.29 is 4.79 Å². The van der Waals surface area contributed by atoms with Crippen molar-refractivity contribution in [3.63, 3.8) is 0 Å². The van der Waals surface area contributed by atoms with Crippen molar-refractivity contribution in [3.8, 4) is 0 Å². The Balaban J connectivity index is 3.16. The summed E-state index contributed by atoms with van der Waals surface area (Å²) in [6.07, 6.45) is 0. The molecule has 1 rings (SSSR count). The highest BCUT2D eigenvalue weighted by atomic mass is 35.5. The normalized spacial score (nSPS) is 9.08. The van der Waals surface area contributed by atoms with Gasteiger partial charge in [0.1, 0.15) is 10.3 Å². The third kappa shape index (κ3) is 2.57. The molecule has 1 aromatic rings. The zero-order valence-electron chi connectivity index (χ0n) is 6.12. The fraction of sp³-hybridized carbons (Fsp3) is 0. The first-order chi connectivity index (χ1) is 6.15. The lowest BCUT2D eigenvalue weighted by Crippen LogP contribution is -1.96. The molecule has 0 spiro atoms. The third-order valence-electron chi connectivity index (χ3n) is 1.19. The molecular formula is C7H2Cl2N2OS. The van der Waals surface area contributed by atoms with E-state index in [1.54, 1.807) is 0 Å². The predicted octanol–water partition coefficient (Wildman–Crippen LogP) is 2.63. The minimum atomic E-state index is -0.579. The van der Waals surface area contributed by atoms with Crippen molar-refractivity contribution in [2.45, 2.75) is 0 Å². The average Bonchev–Trinajstić information content (AvgIpc) is 2.04. The number of hydrogen-bond acceptors (Lipinski definition) is 3. The van der Waals surface area contributed by atoms with E-state index in [4.69, 9.17) is 23.2 Å². The second-order valence-corrected chi connectivity index (χ2v) is 2.91. The number of rotatable bonds is 1. The smallest absolute Gasteiger partial charge is 0.266 e. The van der Waals surface area contributed by atoms with E-state index >= 15 is 0 Å². The minimum Gasteiger partial charge on any atom is -0.266 e.